The molecule has 2 N–H and O–H groups in total. The van der Waals surface area contributed by atoms with Crippen molar-refractivity contribution in [3.8, 4) is 11.2 Å². The monoisotopic (exact) mass is 588 g/mol. The lowest BCUT2D eigenvalue weighted by Gasteiger charge is -2.30. The summed E-state index contributed by atoms with van der Waals surface area (Å²) in [5.41, 5.74) is -0.351. The number of nitriles is 1. The summed E-state index contributed by atoms with van der Waals surface area (Å²) in [5, 5.41) is 27.8. The summed E-state index contributed by atoms with van der Waals surface area (Å²) in [7, 11) is -2.15. The SMILES string of the molecule is CN(CC1CCC(O)CC1)c1ncnc2c1c1ccc(S(=O)(=O)NC3(C#N)CC3)cc1n2-c1nnc(C(F)F)s1. The van der Waals surface area contributed by atoms with Gasteiger partial charge in [0.15, 0.2) is 10.7 Å². The van der Waals surface area contributed by atoms with E-state index in [2.05, 4.69) is 24.9 Å². The highest BCUT2D eigenvalue weighted by molar-refractivity contribution is 7.89. The van der Waals surface area contributed by atoms with Gasteiger partial charge in [-0.05, 0) is 56.6 Å². The standard InChI is InChI=1S/C25H26F2N8O3S2/c1-34(11-14-2-4-15(36)5-3-14)21-19-17-7-6-16(40(37,38)33-25(12-28)8-9-25)10-18(17)35(22(19)30-13-29-21)24-32-31-23(39-24)20(26)27/h6-7,10,13-15,20,33,36H,2-5,8-9,11H2,1H3. The van der Waals surface area contributed by atoms with Crippen molar-refractivity contribution in [2.24, 2.45) is 5.92 Å². The quantitative estimate of drug-likeness (QED) is 0.314. The third-order valence-corrected chi connectivity index (χ3v) is 10.1. The number of rotatable bonds is 8. The number of sulfonamides is 1. The van der Waals surface area contributed by atoms with Crippen molar-refractivity contribution in [1.29, 1.82) is 5.26 Å². The number of halogens is 2. The Bertz CT molecular complexity index is 1740. The Labute approximate surface area is 232 Å². The Morgan fingerprint density at radius 3 is 2.65 bits per heavy atom. The molecular formula is C25H26F2N8O3S2. The van der Waals surface area contributed by atoms with Gasteiger partial charge in [-0.25, -0.2) is 27.2 Å². The van der Waals surface area contributed by atoms with Crippen molar-refractivity contribution in [3.05, 3.63) is 29.5 Å². The number of benzene rings is 1. The molecule has 2 fully saturated rings. The molecule has 15 heteroatoms. The van der Waals surface area contributed by atoms with Crippen LogP contribution in [0.4, 0.5) is 14.6 Å². The molecule has 0 aliphatic heterocycles. The fourth-order valence-electron chi connectivity index (χ4n) is 5.33. The zero-order valence-electron chi connectivity index (χ0n) is 21.5. The van der Waals surface area contributed by atoms with Crippen LogP contribution < -0.4 is 9.62 Å². The lowest BCUT2D eigenvalue weighted by Crippen LogP contribution is -2.35. The number of aliphatic hydroxyl groups is 1. The average Bonchev–Trinajstić information content (AvgIpc) is 3.37. The first kappa shape index (κ1) is 26.9. The second kappa shape index (κ2) is 9.95. The molecule has 0 atom stereocenters. The molecular weight excluding hydrogens is 562 g/mol. The molecule has 0 amide bonds. The molecule has 0 spiro atoms. The van der Waals surface area contributed by atoms with Gasteiger partial charge < -0.3 is 10.0 Å². The Hall–Kier alpha value is -3.32. The van der Waals surface area contributed by atoms with Gasteiger partial charge in [-0.1, -0.05) is 17.4 Å². The zero-order chi connectivity index (χ0) is 28.2. The van der Waals surface area contributed by atoms with E-state index >= 15 is 0 Å². The van der Waals surface area contributed by atoms with E-state index in [-0.39, 0.29) is 16.1 Å². The lowest BCUT2D eigenvalue weighted by molar-refractivity contribution is 0.110. The van der Waals surface area contributed by atoms with E-state index in [1.807, 2.05) is 18.0 Å². The Morgan fingerprint density at radius 2 is 2.00 bits per heavy atom. The normalized spacial score (nSPS) is 20.7. The molecule has 2 aliphatic carbocycles. The molecule has 0 bridgehead atoms. The summed E-state index contributed by atoms with van der Waals surface area (Å²) >= 11 is 0.693. The molecule has 4 aromatic rings. The molecule has 2 saturated carbocycles. The number of nitrogens with zero attached hydrogens (tertiary/aromatic N) is 7. The fourth-order valence-corrected chi connectivity index (χ4v) is 7.45. The minimum atomic E-state index is -4.06. The molecule has 0 saturated heterocycles. The van der Waals surface area contributed by atoms with Crippen LogP contribution in [0.5, 0.6) is 0 Å². The Kier molecular flexibility index (Phi) is 6.68. The molecule has 3 aromatic heterocycles. The number of anilines is 1. The van der Waals surface area contributed by atoms with Crippen LogP contribution in [0.3, 0.4) is 0 Å². The van der Waals surface area contributed by atoms with Gasteiger partial charge in [0.25, 0.3) is 6.43 Å². The van der Waals surface area contributed by atoms with Crippen LogP contribution in [0, 0.1) is 17.2 Å². The number of alkyl halides is 2. The molecule has 11 nitrogen and oxygen atoms in total. The maximum absolute atomic E-state index is 13.4. The van der Waals surface area contributed by atoms with Crippen LogP contribution in [0.25, 0.3) is 27.1 Å². The lowest BCUT2D eigenvalue weighted by atomic mass is 9.87. The van der Waals surface area contributed by atoms with Gasteiger partial charge in [-0.2, -0.15) is 9.98 Å². The number of aliphatic hydroxyl groups excluding tert-OH is 1. The van der Waals surface area contributed by atoms with Crippen molar-refractivity contribution >= 4 is 49.1 Å². The van der Waals surface area contributed by atoms with E-state index in [9.17, 15) is 27.6 Å². The van der Waals surface area contributed by atoms with E-state index in [4.69, 9.17) is 0 Å². The predicted molar refractivity (Wildman–Crippen MR) is 144 cm³/mol. The van der Waals surface area contributed by atoms with E-state index < -0.39 is 27.0 Å². The number of fused-ring (bicyclic) bond motifs is 3. The summed E-state index contributed by atoms with van der Waals surface area (Å²) in [6, 6.07) is 6.55. The molecule has 0 unspecified atom stereocenters. The van der Waals surface area contributed by atoms with Crippen LogP contribution in [0.1, 0.15) is 50.0 Å². The smallest absolute Gasteiger partial charge is 0.291 e. The van der Waals surface area contributed by atoms with E-state index in [1.54, 1.807) is 6.07 Å². The average molecular weight is 589 g/mol. The first-order chi connectivity index (χ1) is 19.1. The molecule has 40 heavy (non-hydrogen) atoms. The molecule has 6 rings (SSSR count). The van der Waals surface area contributed by atoms with E-state index in [0.29, 0.717) is 64.4 Å². The fraction of sp³-hybridized carbons (Fsp3) is 0.480. The molecule has 1 aromatic carbocycles. The summed E-state index contributed by atoms with van der Waals surface area (Å²) in [4.78, 5) is 10.9. The number of nitrogens with one attached hydrogen (secondary N) is 1. The van der Waals surface area contributed by atoms with Gasteiger partial charge in [-0.15, -0.1) is 10.2 Å². The highest BCUT2D eigenvalue weighted by Crippen LogP contribution is 2.40. The third kappa shape index (κ3) is 4.78. The summed E-state index contributed by atoms with van der Waals surface area (Å²) < 4.78 is 57.3. The van der Waals surface area contributed by atoms with Gasteiger partial charge in [0.1, 0.15) is 17.7 Å². The predicted octanol–water partition coefficient (Wildman–Crippen LogP) is 3.68. The maximum Gasteiger partial charge on any atom is 0.291 e. The van der Waals surface area contributed by atoms with Crippen molar-refractivity contribution < 1.29 is 22.3 Å². The van der Waals surface area contributed by atoms with Gasteiger partial charge in [0, 0.05) is 19.0 Å². The van der Waals surface area contributed by atoms with Crippen molar-refractivity contribution in [2.75, 3.05) is 18.5 Å². The van der Waals surface area contributed by atoms with Crippen LogP contribution in [-0.4, -0.2) is 63.5 Å². The summed E-state index contributed by atoms with van der Waals surface area (Å²) in [6.45, 7) is 0.687. The van der Waals surface area contributed by atoms with Crippen molar-refractivity contribution in [1.82, 2.24) is 29.5 Å². The van der Waals surface area contributed by atoms with Gasteiger partial charge in [-0.3, -0.25) is 4.57 Å². The van der Waals surface area contributed by atoms with Crippen LogP contribution in [0.15, 0.2) is 29.4 Å². The molecule has 2 aliphatic rings. The van der Waals surface area contributed by atoms with Crippen LogP contribution >= 0.6 is 11.3 Å². The first-order valence-electron chi connectivity index (χ1n) is 12.9. The minimum Gasteiger partial charge on any atom is -0.393 e. The number of hydrogen-bond donors (Lipinski definition) is 2. The first-order valence-corrected chi connectivity index (χ1v) is 15.2. The zero-order valence-corrected chi connectivity index (χ0v) is 23.1. The van der Waals surface area contributed by atoms with E-state index in [0.717, 1.165) is 25.7 Å². The molecule has 3 heterocycles. The number of aromatic nitrogens is 5. The summed E-state index contributed by atoms with van der Waals surface area (Å²) in [5.74, 6) is 0.967. The number of hydrogen-bond acceptors (Lipinski definition) is 10. The second-order valence-electron chi connectivity index (χ2n) is 10.5. The molecule has 0 radical (unpaired) electrons. The van der Waals surface area contributed by atoms with Gasteiger partial charge in [0.05, 0.1) is 28.0 Å². The highest BCUT2D eigenvalue weighted by atomic mass is 32.2. The Morgan fingerprint density at radius 1 is 1.25 bits per heavy atom. The van der Waals surface area contributed by atoms with Crippen LogP contribution in [0.2, 0.25) is 0 Å². The van der Waals surface area contributed by atoms with Gasteiger partial charge >= 0.3 is 0 Å². The van der Waals surface area contributed by atoms with Gasteiger partial charge in [0.2, 0.25) is 15.2 Å². The van der Waals surface area contributed by atoms with Crippen LogP contribution in [-0.2, 0) is 10.0 Å². The minimum absolute atomic E-state index is 0.0761. The molecule has 210 valence electrons. The maximum atomic E-state index is 13.4. The van der Waals surface area contributed by atoms with Crippen molar-refractivity contribution in [3.63, 3.8) is 0 Å². The highest BCUT2D eigenvalue weighted by Gasteiger charge is 2.47. The van der Waals surface area contributed by atoms with E-state index in [1.165, 1.54) is 23.0 Å². The topological polar surface area (TPSA) is 150 Å². The second-order valence-corrected chi connectivity index (χ2v) is 13.2. The summed E-state index contributed by atoms with van der Waals surface area (Å²) in [6.07, 6.45) is 2.44. The Balaban J connectivity index is 1.50. The van der Waals surface area contributed by atoms with Crippen molar-refractivity contribution in [2.45, 2.75) is 61.5 Å². The third-order valence-electron chi connectivity index (χ3n) is 7.62. The largest absolute Gasteiger partial charge is 0.393 e.